The SMILES string of the molecule is NC(C(=O)NC1C(=O)N2C(C(=O)O)=C(CSc3c[nH]nn3)CS[C@H]12)c1ccc(O)c(Cl)c1. The van der Waals surface area contributed by atoms with Crippen LogP contribution in [0.2, 0.25) is 5.02 Å². The maximum Gasteiger partial charge on any atom is 0.352 e. The first-order valence-corrected chi connectivity index (χ1v) is 11.6. The van der Waals surface area contributed by atoms with Gasteiger partial charge in [0.2, 0.25) is 5.91 Å². The van der Waals surface area contributed by atoms with Crippen LogP contribution >= 0.6 is 35.1 Å². The number of nitrogens with zero attached hydrogens (tertiary/aromatic N) is 3. The number of hydrogen-bond acceptors (Lipinski definition) is 9. The Hall–Kier alpha value is -2.74. The largest absolute Gasteiger partial charge is 0.506 e. The summed E-state index contributed by atoms with van der Waals surface area (Å²) in [4.78, 5) is 38.5. The fraction of sp³-hybridized carbons (Fsp3) is 0.278. The molecule has 1 aromatic carbocycles. The summed E-state index contributed by atoms with van der Waals surface area (Å²) < 4.78 is 0. The maximum absolute atomic E-state index is 12.8. The lowest BCUT2D eigenvalue weighted by molar-refractivity contribution is -0.150. The Labute approximate surface area is 194 Å². The highest BCUT2D eigenvalue weighted by molar-refractivity contribution is 8.01. The summed E-state index contributed by atoms with van der Waals surface area (Å²) in [5, 5.41) is 32.0. The second-order valence-corrected chi connectivity index (χ2v) is 9.45. The molecule has 3 heterocycles. The van der Waals surface area contributed by atoms with Crippen LogP contribution in [0.4, 0.5) is 0 Å². The minimum absolute atomic E-state index is 0.0479. The van der Waals surface area contributed by atoms with Crippen LogP contribution in [0.15, 0.2) is 40.7 Å². The highest BCUT2D eigenvalue weighted by Crippen LogP contribution is 2.41. The van der Waals surface area contributed by atoms with Gasteiger partial charge in [0.05, 0.1) is 11.2 Å². The molecule has 2 aliphatic heterocycles. The van der Waals surface area contributed by atoms with E-state index in [0.717, 1.165) is 0 Å². The molecule has 1 fully saturated rings. The van der Waals surface area contributed by atoms with Crippen LogP contribution in [-0.2, 0) is 14.4 Å². The molecular weight excluding hydrogens is 480 g/mol. The predicted molar refractivity (Wildman–Crippen MR) is 117 cm³/mol. The number of H-pyrrole nitrogens is 1. The highest BCUT2D eigenvalue weighted by Gasteiger charge is 2.54. The second kappa shape index (κ2) is 9.02. The van der Waals surface area contributed by atoms with Crippen molar-refractivity contribution in [1.29, 1.82) is 0 Å². The van der Waals surface area contributed by atoms with Gasteiger partial charge in [0, 0.05) is 11.5 Å². The normalized spacial score (nSPS) is 21.1. The van der Waals surface area contributed by atoms with Gasteiger partial charge >= 0.3 is 5.97 Å². The van der Waals surface area contributed by atoms with Crippen LogP contribution in [0, 0.1) is 0 Å². The summed E-state index contributed by atoms with van der Waals surface area (Å²) in [6, 6.07) is 2.13. The van der Waals surface area contributed by atoms with E-state index in [0.29, 0.717) is 27.7 Å². The van der Waals surface area contributed by atoms with E-state index in [4.69, 9.17) is 17.3 Å². The van der Waals surface area contributed by atoms with Gasteiger partial charge in [-0.05, 0) is 23.3 Å². The zero-order chi connectivity index (χ0) is 23.0. The summed E-state index contributed by atoms with van der Waals surface area (Å²) in [5.41, 5.74) is 6.85. The molecular formula is C18H17ClN6O5S2. The number of rotatable bonds is 7. The number of aliphatic carboxylic acids is 1. The number of thioether (sulfide) groups is 2. The van der Waals surface area contributed by atoms with Crippen LogP contribution in [0.1, 0.15) is 11.6 Å². The number of carbonyl (C=O) groups is 3. The minimum atomic E-state index is -1.21. The lowest BCUT2D eigenvalue weighted by atomic mass is 10.0. The van der Waals surface area contributed by atoms with Crippen molar-refractivity contribution in [3.63, 3.8) is 0 Å². The zero-order valence-corrected chi connectivity index (χ0v) is 18.6. The summed E-state index contributed by atoms with van der Waals surface area (Å²) in [5.74, 6) is -1.77. The standard InChI is InChI=1S/C18H17ClN6O5S2/c19-9-3-7(1-2-10(9)26)12(20)15(27)22-13-16(28)25-14(18(29)30)8(6-32-17(13)25)5-31-11-4-21-24-23-11/h1-4,12-13,17,26H,5-6,20H2,(H,22,27)(H,29,30)(H,21,23,24)/t12?,13?,17-/m1/s1. The molecule has 32 heavy (non-hydrogen) atoms. The van der Waals surface area contributed by atoms with Gasteiger partial charge in [-0.2, -0.15) is 0 Å². The van der Waals surface area contributed by atoms with Crippen molar-refractivity contribution in [2.75, 3.05) is 11.5 Å². The number of hydrogen-bond donors (Lipinski definition) is 5. The van der Waals surface area contributed by atoms with E-state index in [9.17, 15) is 24.6 Å². The molecule has 6 N–H and O–H groups in total. The van der Waals surface area contributed by atoms with Crippen molar-refractivity contribution in [3.8, 4) is 5.75 Å². The van der Waals surface area contributed by atoms with Gasteiger partial charge in [-0.25, -0.2) is 4.79 Å². The first-order chi connectivity index (χ1) is 15.3. The number of fused-ring (bicyclic) bond motifs is 1. The number of benzene rings is 1. The van der Waals surface area contributed by atoms with E-state index < -0.39 is 35.2 Å². The van der Waals surface area contributed by atoms with Crippen molar-refractivity contribution in [2.24, 2.45) is 5.73 Å². The van der Waals surface area contributed by atoms with Crippen molar-refractivity contribution in [3.05, 3.63) is 46.3 Å². The van der Waals surface area contributed by atoms with E-state index in [1.165, 1.54) is 46.6 Å². The number of nitrogens with two attached hydrogens (primary N) is 1. The average molecular weight is 497 g/mol. The van der Waals surface area contributed by atoms with Crippen LogP contribution in [0.25, 0.3) is 0 Å². The number of halogens is 1. The Morgan fingerprint density at radius 3 is 2.91 bits per heavy atom. The van der Waals surface area contributed by atoms with E-state index >= 15 is 0 Å². The Balaban J connectivity index is 1.45. The number of β-lactam (4-membered cyclic amide) rings is 1. The number of nitrogens with one attached hydrogen (secondary N) is 2. The van der Waals surface area contributed by atoms with Gasteiger partial charge in [0.15, 0.2) is 0 Å². The summed E-state index contributed by atoms with van der Waals surface area (Å²) in [7, 11) is 0. The average Bonchev–Trinajstić information content (AvgIpc) is 3.30. The molecule has 4 rings (SSSR count). The molecule has 0 saturated carbocycles. The lowest BCUT2D eigenvalue weighted by Crippen LogP contribution is -2.71. The number of carbonyl (C=O) groups excluding carboxylic acids is 2. The molecule has 14 heteroatoms. The van der Waals surface area contributed by atoms with E-state index in [1.807, 2.05) is 0 Å². The van der Waals surface area contributed by atoms with Gasteiger partial charge < -0.3 is 21.3 Å². The molecule has 0 aliphatic carbocycles. The molecule has 3 atom stereocenters. The van der Waals surface area contributed by atoms with Gasteiger partial charge in [0.25, 0.3) is 5.91 Å². The molecule has 1 saturated heterocycles. The van der Waals surface area contributed by atoms with E-state index in [2.05, 4.69) is 20.7 Å². The quantitative estimate of drug-likeness (QED) is 0.271. The second-order valence-electron chi connectivity index (χ2n) is 6.94. The van der Waals surface area contributed by atoms with Crippen LogP contribution in [-0.4, -0.2) is 71.2 Å². The predicted octanol–water partition coefficient (Wildman–Crippen LogP) is 0.694. The third kappa shape index (κ3) is 4.16. The molecule has 0 radical (unpaired) electrons. The first-order valence-electron chi connectivity index (χ1n) is 9.21. The smallest absolute Gasteiger partial charge is 0.352 e. The fourth-order valence-electron chi connectivity index (χ4n) is 3.33. The van der Waals surface area contributed by atoms with Crippen LogP contribution in [0.3, 0.4) is 0 Å². The molecule has 2 amide bonds. The van der Waals surface area contributed by atoms with Crippen LogP contribution in [0.5, 0.6) is 5.75 Å². The number of phenols is 1. The molecule has 11 nitrogen and oxygen atoms in total. The molecule has 2 aliphatic rings. The minimum Gasteiger partial charge on any atom is -0.506 e. The molecule has 2 aromatic rings. The number of phenolic OH excluding ortho intramolecular Hbond substituents is 1. The molecule has 0 bridgehead atoms. The molecule has 168 valence electrons. The van der Waals surface area contributed by atoms with Crippen LogP contribution < -0.4 is 11.1 Å². The first kappa shape index (κ1) is 22.5. The third-order valence-electron chi connectivity index (χ3n) is 4.95. The van der Waals surface area contributed by atoms with Crippen molar-refractivity contribution >= 4 is 52.9 Å². The van der Waals surface area contributed by atoms with Crippen molar-refractivity contribution in [1.82, 2.24) is 25.6 Å². The Bertz CT molecular complexity index is 1110. The zero-order valence-electron chi connectivity index (χ0n) is 16.2. The number of aromatic hydroxyl groups is 1. The Kier molecular flexibility index (Phi) is 6.33. The van der Waals surface area contributed by atoms with Gasteiger partial charge in [-0.15, -0.1) is 16.9 Å². The Morgan fingerprint density at radius 2 is 2.25 bits per heavy atom. The molecule has 0 spiro atoms. The number of amides is 2. The number of carboxylic acid groups (broad SMARTS) is 1. The topological polar surface area (TPSA) is 175 Å². The number of aromatic amines is 1. The summed E-state index contributed by atoms with van der Waals surface area (Å²) >= 11 is 8.53. The summed E-state index contributed by atoms with van der Waals surface area (Å²) in [6.07, 6.45) is 1.59. The van der Waals surface area contributed by atoms with Gasteiger partial charge in [0.1, 0.15) is 33.9 Å². The van der Waals surface area contributed by atoms with E-state index in [-0.39, 0.29) is 16.5 Å². The number of aromatic nitrogens is 3. The van der Waals surface area contributed by atoms with Crippen molar-refractivity contribution < 1.29 is 24.6 Å². The third-order valence-corrected chi connectivity index (χ3v) is 7.58. The molecule has 2 unspecified atom stereocenters. The molecule has 1 aromatic heterocycles. The maximum atomic E-state index is 12.8. The summed E-state index contributed by atoms with van der Waals surface area (Å²) in [6.45, 7) is 0. The van der Waals surface area contributed by atoms with Crippen molar-refractivity contribution in [2.45, 2.75) is 22.5 Å². The van der Waals surface area contributed by atoms with Gasteiger partial charge in [-0.1, -0.05) is 34.6 Å². The highest BCUT2D eigenvalue weighted by atomic mass is 35.5. The monoisotopic (exact) mass is 496 g/mol. The van der Waals surface area contributed by atoms with Gasteiger partial charge in [-0.3, -0.25) is 19.6 Å². The van der Waals surface area contributed by atoms with E-state index in [1.54, 1.807) is 6.20 Å². The fourth-order valence-corrected chi connectivity index (χ4v) is 5.79. The lowest BCUT2D eigenvalue weighted by Gasteiger charge is -2.49. The number of carboxylic acids is 1. The Morgan fingerprint density at radius 1 is 1.47 bits per heavy atom.